The quantitative estimate of drug-likeness (QED) is 0.665. The van der Waals surface area contributed by atoms with Crippen molar-refractivity contribution >= 4 is 10.9 Å². The Bertz CT molecular complexity index is 971. The zero-order valence-corrected chi connectivity index (χ0v) is 16.2. The molecular weight excluding hydrogens is 357 g/mol. The van der Waals surface area contributed by atoms with Crippen LogP contribution in [0.5, 0.6) is 11.6 Å². The van der Waals surface area contributed by atoms with Crippen molar-refractivity contribution in [1.82, 2.24) is 14.9 Å². The first kappa shape index (κ1) is 18.6. The van der Waals surface area contributed by atoms with E-state index < -0.39 is 0 Å². The van der Waals surface area contributed by atoms with Crippen molar-refractivity contribution in [2.24, 2.45) is 0 Å². The molecule has 1 saturated heterocycles. The molecule has 0 N–H and O–H groups in total. The lowest BCUT2D eigenvalue weighted by Crippen LogP contribution is -2.37. The molecule has 0 radical (unpaired) electrons. The van der Waals surface area contributed by atoms with E-state index in [1.54, 1.807) is 19.4 Å². The summed E-state index contributed by atoms with van der Waals surface area (Å²) >= 11 is 0. The topological polar surface area (TPSA) is 47.5 Å². The van der Waals surface area contributed by atoms with Crippen molar-refractivity contribution in [3.63, 3.8) is 0 Å². The first-order chi connectivity index (χ1) is 13.6. The number of nitrogens with zero attached hydrogens (tertiary/aromatic N) is 3. The summed E-state index contributed by atoms with van der Waals surface area (Å²) in [5.74, 6) is 1.09. The van der Waals surface area contributed by atoms with Gasteiger partial charge in [0.25, 0.3) is 0 Å². The second kappa shape index (κ2) is 8.10. The molecule has 0 aliphatic carbocycles. The Kier molecular flexibility index (Phi) is 5.39. The van der Waals surface area contributed by atoms with Crippen molar-refractivity contribution < 1.29 is 13.9 Å². The van der Waals surface area contributed by atoms with Gasteiger partial charge in [-0.25, -0.2) is 14.4 Å². The monoisotopic (exact) mass is 381 g/mol. The first-order valence-corrected chi connectivity index (χ1v) is 9.57. The van der Waals surface area contributed by atoms with Crippen LogP contribution in [0.3, 0.4) is 0 Å². The number of pyridine rings is 2. The number of likely N-dealkylation sites (tertiary alicyclic amines) is 1. The smallest absolute Gasteiger partial charge is 0.217 e. The van der Waals surface area contributed by atoms with E-state index in [-0.39, 0.29) is 11.9 Å². The molecule has 3 heterocycles. The number of aromatic nitrogens is 2. The highest BCUT2D eigenvalue weighted by Gasteiger charge is 2.22. The summed E-state index contributed by atoms with van der Waals surface area (Å²) in [7, 11) is 1.65. The zero-order chi connectivity index (χ0) is 19.5. The summed E-state index contributed by atoms with van der Waals surface area (Å²) in [5.41, 5.74) is 2.22. The molecule has 0 spiro atoms. The Balaban J connectivity index is 1.43. The molecule has 0 atom stereocenters. The number of rotatable bonds is 5. The van der Waals surface area contributed by atoms with E-state index in [2.05, 4.69) is 20.9 Å². The molecule has 0 saturated carbocycles. The number of para-hydroxylation sites is 1. The van der Waals surface area contributed by atoms with Gasteiger partial charge in [-0.2, -0.15) is 0 Å². The van der Waals surface area contributed by atoms with Crippen molar-refractivity contribution in [2.75, 3.05) is 20.2 Å². The number of hydrogen-bond acceptors (Lipinski definition) is 5. The van der Waals surface area contributed by atoms with Gasteiger partial charge in [-0.15, -0.1) is 0 Å². The van der Waals surface area contributed by atoms with Gasteiger partial charge < -0.3 is 9.47 Å². The fourth-order valence-corrected chi connectivity index (χ4v) is 3.74. The Morgan fingerprint density at radius 2 is 2.00 bits per heavy atom. The lowest BCUT2D eigenvalue weighted by Gasteiger charge is -2.32. The van der Waals surface area contributed by atoms with E-state index in [1.807, 2.05) is 25.1 Å². The third-order valence-electron chi connectivity index (χ3n) is 5.15. The van der Waals surface area contributed by atoms with E-state index in [4.69, 9.17) is 9.47 Å². The van der Waals surface area contributed by atoms with Gasteiger partial charge in [-0.3, -0.25) is 4.90 Å². The minimum Gasteiger partial charge on any atom is -0.490 e. The summed E-state index contributed by atoms with van der Waals surface area (Å²) in [4.78, 5) is 11.0. The largest absolute Gasteiger partial charge is 0.490 e. The van der Waals surface area contributed by atoms with Gasteiger partial charge in [-0.05, 0) is 38.0 Å². The molecule has 1 aliphatic heterocycles. The number of fused-ring (bicyclic) bond motifs is 1. The number of hydrogen-bond donors (Lipinski definition) is 0. The summed E-state index contributed by atoms with van der Waals surface area (Å²) < 4.78 is 25.7. The molecule has 6 heteroatoms. The van der Waals surface area contributed by atoms with Gasteiger partial charge in [0.2, 0.25) is 5.88 Å². The standard InChI is InChI=1S/C22H24FN3O2/c1-15-13-20(18-6-3-7-19(23)21(18)25-15)28-17-8-11-26(12-9-17)14-16-5-4-10-24-22(16)27-2/h3-7,10,13,17H,8-9,11-12,14H2,1-2H3. The van der Waals surface area contributed by atoms with Gasteiger partial charge in [0.15, 0.2) is 0 Å². The fraction of sp³-hybridized carbons (Fsp3) is 0.364. The van der Waals surface area contributed by atoms with Crippen LogP contribution >= 0.6 is 0 Å². The Morgan fingerprint density at radius 3 is 2.79 bits per heavy atom. The van der Waals surface area contributed by atoms with Crippen molar-refractivity contribution in [3.8, 4) is 11.6 Å². The van der Waals surface area contributed by atoms with Gasteiger partial charge in [0, 0.05) is 48.5 Å². The molecular formula is C22H24FN3O2. The molecule has 2 aromatic heterocycles. The predicted molar refractivity (Wildman–Crippen MR) is 106 cm³/mol. The number of halogens is 1. The van der Waals surface area contributed by atoms with Crippen molar-refractivity contribution in [1.29, 1.82) is 0 Å². The molecule has 146 valence electrons. The Morgan fingerprint density at radius 1 is 1.18 bits per heavy atom. The van der Waals surface area contributed by atoms with Gasteiger partial charge in [-0.1, -0.05) is 12.1 Å². The second-order valence-electron chi connectivity index (χ2n) is 7.16. The Hall–Kier alpha value is -2.73. The average Bonchev–Trinajstić information content (AvgIpc) is 2.71. The molecule has 3 aromatic rings. The normalized spacial score (nSPS) is 15.7. The van der Waals surface area contributed by atoms with Crippen LogP contribution in [-0.2, 0) is 6.54 Å². The molecule has 5 nitrogen and oxygen atoms in total. The summed E-state index contributed by atoms with van der Waals surface area (Å²) in [6, 6.07) is 10.9. The van der Waals surface area contributed by atoms with Crippen LogP contribution in [0.2, 0.25) is 0 Å². The molecule has 0 bridgehead atoms. The summed E-state index contributed by atoms with van der Waals surface area (Å²) in [6.07, 6.45) is 3.69. The van der Waals surface area contributed by atoms with E-state index in [1.165, 1.54) is 6.07 Å². The summed E-state index contributed by atoms with van der Waals surface area (Å²) in [6.45, 7) is 4.53. The average molecular weight is 381 g/mol. The zero-order valence-electron chi connectivity index (χ0n) is 16.2. The third kappa shape index (κ3) is 3.92. The maximum absolute atomic E-state index is 14.1. The van der Waals surface area contributed by atoms with Crippen LogP contribution < -0.4 is 9.47 Å². The predicted octanol–water partition coefficient (Wildman–Crippen LogP) is 4.13. The molecule has 0 amide bonds. The third-order valence-corrected chi connectivity index (χ3v) is 5.15. The van der Waals surface area contributed by atoms with E-state index >= 15 is 0 Å². The van der Waals surface area contributed by atoms with E-state index in [9.17, 15) is 4.39 Å². The minimum absolute atomic E-state index is 0.111. The SMILES string of the molecule is COc1ncccc1CN1CCC(Oc2cc(C)nc3c(F)cccc23)CC1. The van der Waals surface area contributed by atoms with E-state index in [0.717, 1.165) is 54.9 Å². The van der Waals surface area contributed by atoms with Gasteiger partial charge >= 0.3 is 0 Å². The molecule has 1 fully saturated rings. The number of methoxy groups -OCH3 is 1. The van der Waals surface area contributed by atoms with Crippen LogP contribution in [0.1, 0.15) is 24.1 Å². The number of benzene rings is 1. The molecule has 1 aromatic carbocycles. The van der Waals surface area contributed by atoms with Gasteiger partial charge in [0.1, 0.15) is 23.2 Å². The van der Waals surface area contributed by atoms with Crippen LogP contribution in [0.4, 0.5) is 4.39 Å². The highest BCUT2D eigenvalue weighted by Crippen LogP contribution is 2.30. The Labute approximate surface area is 164 Å². The van der Waals surface area contributed by atoms with Crippen LogP contribution in [0.25, 0.3) is 10.9 Å². The van der Waals surface area contributed by atoms with E-state index in [0.29, 0.717) is 11.4 Å². The maximum atomic E-state index is 14.1. The fourth-order valence-electron chi connectivity index (χ4n) is 3.74. The van der Waals surface area contributed by atoms with Gasteiger partial charge in [0.05, 0.1) is 7.11 Å². The lowest BCUT2D eigenvalue weighted by molar-refractivity contribution is 0.0973. The first-order valence-electron chi connectivity index (χ1n) is 9.57. The molecule has 4 rings (SSSR count). The van der Waals surface area contributed by atoms with Crippen LogP contribution in [-0.4, -0.2) is 41.2 Å². The lowest BCUT2D eigenvalue weighted by atomic mass is 10.1. The number of ether oxygens (including phenoxy) is 2. The number of aryl methyl sites for hydroxylation is 1. The van der Waals surface area contributed by atoms with Crippen LogP contribution in [0, 0.1) is 12.7 Å². The molecule has 0 unspecified atom stereocenters. The molecule has 28 heavy (non-hydrogen) atoms. The maximum Gasteiger partial charge on any atom is 0.217 e. The molecule has 1 aliphatic rings. The second-order valence-corrected chi connectivity index (χ2v) is 7.16. The number of piperidine rings is 1. The van der Waals surface area contributed by atoms with Crippen molar-refractivity contribution in [2.45, 2.75) is 32.4 Å². The summed E-state index contributed by atoms with van der Waals surface area (Å²) in [5, 5.41) is 0.730. The van der Waals surface area contributed by atoms with Crippen molar-refractivity contribution in [3.05, 3.63) is 59.7 Å². The minimum atomic E-state index is -0.314. The highest BCUT2D eigenvalue weighted by atomic mass is 19.1. The highest BCUT2D eigenvalue weighted by molar-refractivity contribution is 5.85. The van der Waals surface area contributed by atoms with Crippen LogP contribution in [0.15, 0.2) is 42.6 Å².